The summed E-state index contributed by atoms with van der Waals surface area (Å²) in [5.41, 5.74) is 7.35. The quantitative estimate of drug-likeness (QED) is 0.417. The zero-order valence-electron chi connectivity index (χ0n) is 15.5. The van der Waals surface area contributed by atoms with Gasteiger partial charge < -0.3 is 4.90 Å². The van der Waals surface area contributed by atoms with E-state index >= 15 is 0 Å². The molecule has 0 spiro atoms. The van der Waals surface area contributed by atoms with Gasteiger partial charge in [0.1, 0.15) is 0 Å². The molecular formula is C23H21N3O. The Morgan fingerprint density at radius 3 is 2.15 bits per heavy atom. The topological polar surface area (TPSA) is 45.0 Å². The standard InChI is InChI=1S/C23H21N3O/c1-16-13-22(26-14-19-5-3-4-6-20(19)15-26)11-12-23(16)25-24-21-9-7-18(8-10-21)17(2)27/h3-13H,14-15H2,1-2H3. The van der Waals surface area contributed by atoms with Gasteiger partial charge in [-0.05, 0) is 73.0 Å². The Morgan fingerprint density at radius 2 is 1.56 bits per heavy atom. The molecular weight excluding hydrogens is 334 g/mol. The third-order valence-electron chi connectivity index (χ3n) is 4.93. The highest BCUT2D eigenvalue weighted by Gasteiger charge is 2.18. The minimum atomic E-state index is 0.0500. The first-order valence-corrected chi connectivity index (χ1v) is 9.05. The maximum Gasteiger partial charge on any atom is 0.159 e. The van der Waals surface area contributed by atoms with Crippen molar-refractivity contribution in [1.82, 2.24) is 0 Å². The summed E-state index contributed by atoms with van der Waals surface area (Å²) in [6, 6.07) is 22.0. The summed E-state index contributed by atoms with van der Waals surface area (Å²) >= 11 is 0. The molecule has 1 aliphatic rings. The van der Waals surface area contributed by atoms with Crippen molar-refractivity contribution in [1.29, 1.82) is 0 Å². The number of aryl methyl sites for hydroxylation is 1. The highest BCUT2D eigenvalue weighted by atomic mass is 16.1. The Bertz CT molecular complexity index is 997. The van der Waals surface area contributed by atoms with E-state index in [0.29, 0.717) is 5.56 Å². The highest BCUT2D eigenvalue weighted by molar-refractivity contribution is 5.94. The number of hydrogen-bond acceptors (Lipinski definition) is 4. The summed E-state index contributed by atoms with van der Waals surface area (Å²) in [4.78, 5) is 13.7. The Balaban J connectivity index is 1.50. The Kier molecular flexibility index (Phi) is 4.55. The van der Waals surface area contributed by atoms with Crippen LogP contribution in [0.5, 0.6) is 0 Å². The number of rotatable bonds is 4. The van der Waals surface area contributed by atoms with Crippen LogP contribution in [0.1, 0.15) is 34.0 Å². The summed E-state index contributed by atoms with van der Waals surface area (Å²) in [6.45, 7) is 5.50. The van der Waals surface area contributed by atoms with Gasteiger partial charge in [-0.2, -0.15) is 10.2 Å². The van der Waals surface area contributed by atoms with Crippen LogP contribution in [0.3, 0.4) is 0 Å². The van der Waals surface area contributed by atoms with Gasteiger partial charge in [-0.1, -0.05) is 24.3 Å². The van der Waals surface area contributed by atoms with Crippen molar-refractivity contribution >= 4 is 22.8 Å². The first-order chi connectivity index (χ1) is 13.1. The molecule has 0 aromatic heterocycles. The van der Waals surface area contributed by atoms with Crippen molar-refractivity contribution in [3.05, 3.63) is 89.0 Å². The molecule has 0 saturated heterocycles. The van der Waals surface area contributed by atoms with E-state index in [1.807, 2.05) is 18.2 Å². The zero-order valence-corrected chi connectivity index (χ0v) is 15.5. The lowest BCUT2D eigenvalue weighted by Gasteiger charge is -2.18. The van der Waals surface area contributed by atoms with Gasteiger partial charge in [-0.15, -0.1) is 0 Å². The van der Waals surface area contributed by atoms with Gasteiger partial charge in [0.05, 0.1) is 11.4 Å². The average Bonchev–Trinajstić information content (AvgIpc) is 3.11. The first-order valence-electron chi connectivity index (χ1n) is 9.05. The zero-order chi connectivity index (χ0) is 18.8. The van der Waals surface area contributed by atoms with Gasteiger partial charge in [0.2, 0.25) is 0 Å². The van der Waals surface area contributed by atoms with Crippen LogP contribution in [0.15, 0.2) is 77.0 Å². The SMILES string of the molecule is CC(=O)c1ccc(N=Nc2ccc(N3Cc4ccccc4C3)cc2C)cc1. The van der Waals surface area contributed by atoms with Crippen molar-refractivity contribution in [3.8, 4) is 0 Å². The molecule has 4 nitrogen and oxygen atoms in total. The Labute approximate surface area is 159 Å². The van der Waals surface area contributed by atoms with E-state index in [-0.39, 0.29) is 5.78 Å². The highest BCUT2D eigenvalue weighted by Crippen LogP contribution is 2.32. The predicted molar refractivity (Wildman–Crippen MR) is 108 cm³/mol. The van der Waals surface area contributed by atoms with E-state index in [1.54, 1.807) is 19.1 Å². The van der Waals surface area contributed by atoms with Crippen LogP contribution < -0.4 is 4.90 Å². The lowest BCUT2D eigenvalue weighted by Crippen LogP contribution is -2.14. The van der Waals surface area contributed by atoms with Crippen LogP contribution in [0.2, 0.25) is 0 Å². The van der Waals surface area contributed by atoms with Crippen molar-refractivity contribution in [3.63, 3.8) is 0 Å². The first kappa shape index (κ1) is 17.2. The monoisotopic (exact) mass is 355 g/mol. The number of hydrogen-bond donors (Lipinski definition) is 0. The second-order valence-electron chi connectivity index (χ2n) is 6.90. The largest absolute Gasteiger partial charge is 0.363 e. The molecule has 0 unspecified atom stereocenters. The van der Waals surface area contributed by atoms with Crippen LogP contribution in [0.25, 0.3) is 0 Å². The number of carbonyl (C=O) groups excluding carboxylic acids is 1. The van der Waals surface area contributed by atoms with E-state index in [0.717, 1.165) is 30.0 Å². The minimum Gasteiger partial charge on any atom is -0.363 e. The van der Waals surface area contributed by atoms with Crippen LogP contribution >= 0.6 is 0 Å². The van der Waals surface area contributed by atoms with Gasteiger partial charge in [0.15, 0.2) is 5.78 Å². The summed E-state index contributed by atoms with van der Waals surface area (Å²) in [5.74, 6) is 0.0500. The van der Waals surface area contributed by atoms with Crippen LogP contribution in [-0.2, 0) is 13.1 Å². The molecule has 0 atom stereocenters. The van der Waals surface area contributed by atoms with Gasteiger partial charge in [-0.3, -0.25) is 4.79 Å². The number of azo groups is 1. The van der Waals surface area contributed by atoms with E-state index in [2.05, 4.69) is 58.5 Å². The second-order valence-corrected chi connectivity index (χ2v) is 6.90. The molecule has 3 aromatic carbocycles. The third kappa shape index (κ3) is 3.65. The van der Waals surface area contributed by atoms with Gasteiger partial charge in [0.25, 0.3) is 0 Å². The molecule has 0 amide bonds. The summed E-state index contributed by atoms with van der Waals surface area (Å²) < 4.78 is 0. The van der Waals surface area contributed by atoms with Gasteiger partial charge in [-0.25, -0.2) is 0 Å². The molecule has 4 rings (SSSR count). The molecule has 3 aromatic rings. The third-order valence-corrected chi connectivity index (χ3v) is 4.93. The molecule has 0 radical (unpaired) electrons. The molecule has 0 aliphatic carbocycles. The Morgan fingerprint density at radius 1 is 0.889 bits per heavy atom. The second kappa shape index (κ2) is 7.16. The van der Waals surface area contributed by atoms with E-state index in [9.17, 15) is 4.79 Å². The van der Waals surface area contributed by atoms with Gasteiger partial charge in [0, 0.05) is 24.3 Å². The Hall–Kier alpha value is -3.27. The molecule has 0 saturated carbocycles. The van der Waals surface area contributed by atoms with Crippen molar-refractivity contribution in [2.24, 2.45) is 10.2 Å². The maximum atomic E-state index is 11.3. The predicted octanol–water partition coefficient (Wildman–Crippen LogP) is 6.13. The lowest BCUT2D eigenvalue weighted by molar-refractivity contribution is 0.101. The van der Waals surface area contributed by atoms with Crippen LogP contribution in [-0.4, -0.2) is 5.78 Å². The van der Waals surface area contributed by atoms with Crippen molar-refractivity contribution in [2.75, 3.05) is 4.90 Å². The number of ketones is 1. The summed E-state index contributed by atoms with van der Waals surface area (Å²) in [7, 11) is 0. The molecule has 0 bridgehead atoms. The molecule has 0 fully saturated rings. The number of carbonyl (C=O) groups is 1. The number of anilines is 1. The number of nitrogens with zero attached hydrogens (tertiary/aromatic N) is 3. The fourth-order valence-corrected chi connectivity index (χ4v) is 3.34. The average molecular weight is 355 g/mol. The van der Waals surface area contributed by atoms with Crippen LogP contribution in [0.4, 0.5) is 17.1 Å². The van der Waals surface area contributed by atoms with Gasteiger partial charge >= 0.3 is 0 Å². The molecule has 27 heavy (non-hydrogen) atoms. The fourth-order valence-electron chi connectivity index (χ4n) is 3.34. The minimum absolute atomic E-state index is 0.0500. The van der Waals surface area contributed by atoms with Crippen molar-refractivity contribution < 1.29 is 4.79 Å². The van der Waals surface area contributed by atoms with Crippen LogP contribution in [0, 0.1) is 6.92 Å². The van der Waals surface area contributed by atoms with E-state index in [4.69, 9.17) is 0 Å². The lowest BCUT2D eigenvalue weighted by atomic mass is 10.1. The molecule has 1 heterocycles. The number of Topliss-reactive ketones (excluding diaryl/α,β-unsaturated/α-hetero) is 1. The molecule has 4 heteroatoms. The van der Waals surface area contributed by atoms with E-state index < -0.39 is 0 Å². The smallest absolute Gasteiger partial charge is 0.159 e. The van der Waals surface area contributed by atoms with E-state index in [1.165, 1.54) is 16.8 Å². The molecule has 0 N–H and O–H groups in total. The number of benzene rings is 3. The molecule has 134 valence electrons. The normalized spacial score (nSPS) is 13.2. The molecule has 1 aliphatic heterocycles. The maximum absolute atomic E-state index is 11.3. The summed E-state index contributed by atoms with van der Waals surface area (Å²) in [6.07, 6.45) is 0. The summed E-state index contributed by atoms with van der Waals surface area (Å²) in [5, 5.41) is 8.68. The number of fused-ring (bicyclic) bond motifs is 1. The van der Waals surface area contributed by atoms with Crippen molar-refractivity contribution in [2.45, 2.75) is 26.9 Å². The fraction of sp³-hybridized carbons (Fsp3) is 0.174.